The topological polar surface area (TPSA) is 64.3 Å². The first-order valence-electron chi connectivity index (χ1n) is 5.91. The number of nitrogens with one attached hydrogen (secondary N) is 1. The maximum absolute atomic E-state index is 11.8. The summed E-state index contributed by atoms with van der Waals surface area (Å²) in [6.07, 6.45) is 1.38. The smallest absolute Gasteiger partial charge is 0.229 e. The molecule has 0 aromatic heterocycles. The van der Waals surface area contributed by atoms with E-state index < -0.39 is 0 Å². The van der Waals surface area contributed by atoms with Crippen LogP contribution in [0.4, 0.5) is 5.69 Å². The Kier molecular flexibility index (Phi) is 4.28. The van der Waals surface area contributed by atoms with Crippen molar-refractivity contribution in [3.8, 4) is 0 Å². The lowest BCUT2D eigenvalue weighted by molar-refractivity contribution is -0.119. The summed E-state index contributed by atoms with van der Waals surface area (Å²) in [7, 11) is 0. The van der Waals surface area contributed by atoms with Crippen molar-refractivity contribution in [1.82, 2.24) is 0 Å². The van der Waals surface area contributed by atoms with Crippen molar-refractivity contribution in [2.24, 2.45) is 11.7 Å². The highest BCUT2D eigenvalue weighted by Gasteiger charge is 2.23. The molecule has 3 N–H and O–H groups in total. The summed E-state index contributed by atoms with van der Waals surface area (Å²) in [6.45, 7) is 1.19. The molecule has 1 aromatic rings. The van der Waals surface area contributed by atoms with Gasteiger partial charge in [0.1, 0.15) is 0 Å². The van der Waals surface area contributed by atoms with Crippen molar-refractivity contribution in [1.29, 1.82) is 0 Å². The number of rotatable bonds is 4. The highest BCUT2D eigenvalue weighted by Crippen LogP contribution is 2.16. The van der Waals surface area contributed by atoms with E-state index in [1.165, 1.54) is 0 Å². The lowest BCUT2D eigenvalue weighted by Gasteiger charge is -2.09. The lowest BCUT2D eigenvalue weighted by Crippen LogP contribution is -2.22. The van der Waals surface area contributed by atoms with E-state index in [1.54, 1.807) is 0 Å². The van der Waals surface area contributed by atoms with Crippen molar-refractivity contribution in [3.63, 3.8) is 0 Å². The SMILES string of the molecule is NC(=S)Cc1ccc(NC(=O)C2CCOC2)cc1. The van der Waals surface area contributed by atoms with Crippen LogP contribution in [0.25, 0.3) is 0 Å². The van der Waals surface area contributed by atoms with Crippen LogP contribution < -0.4 is 11.1 Å². The third-order valence-corrected chi connectivity index (χ3v) is 3.04. The van der Waals surface area contributed by atoms with Gasteiger partial charge < -0.3 is 15.8 Å². The van der Waals surface area contributed by atoms with E-state index in [4.69, 9.17) is 22.7 Å². The summed E-state index contributed by atoms with van der Waals surface area (Å²) in [6, 6.07) is 7.56. The van der Waals surface area contributed by atoms with E-state index in [9.17, 15) is 4.79 Å². The van der Waals surface area contributed by atoms with Gasteiger partial charge in [0.15, 0.2) is 0 Å². The van der Waals surface area contributed by atoms with Crippen LogP contribution in [0.3, 0.4) is 0 Å². The van der Waals surface area contributed by atoms with E-state index >= 15 is 0 Å². The molecular formula is C13H16N2O2S. The Balaban J connectivity index is 1.93. The maximum atomic E-state index is 11.8. The van der Waals surface area contributed by atoms with Crippen LogP contribution in [-0.2, 0) is 16.0 Å². The zero-order valence-corrected chi connectivity index (χ0v) is 10.8. The average molecular weight is 264 g/mol. The Morgan fingerprint density at radius 1 is 1.44 bits per heavy atom. The van der Waals surface area contributed by atoms with Crippen molar-refractivity contribution < 1.29 is 9.53 Å². The normalized spacial score (nSPS) is 18.6. The summed E-state index contributed by atoms with van der Waals surface area (Å²) in [5.74, 6) is -0.00380. The van der Waals surface area contributed by atoms with Gasteiger partial charge in [0, 0.05) is 18.7 Å². The summed E-state index contributed by atoms with van der Waals surface area (Å²) < 4.78 is 5.19. The first-order chi connectivity index (χ1) is 8.65. The lowest BCUT2D eigenvalue weighted by atomic mass is 10.1. The molecule has 0 spiro atoms. The minimum Gasteiger partial charge on any atom is -0.393 e. The minimum absolute atomic E-state index is 0.0228. The third-order valence-electron chi connectivity index (χ3n) is 2.90. The maximum Gasteiger partial charge on any atom is 0.229 e. The Hall–Kier alpha value is -1.46. The zero-order chi connectivity index (χ0) is 13.0. The molecule has 5 heteroatoms. The molecule has 18 heavy (non-hydrogen) atoms. The molecule has 1 fully saturated rings. The molecule has 0 aliphatic carbocycles. The molecule has 0 radical (unpaired) electrons. The van der Waals surface area contributed by atoms with Gasteiger partial charge in [-0.25, -0.2) is 0 Å². The standard InChI is InChI=1S/C13H16N2O2S/c14-12(18)7-9-1-3-11(4-2-9)15-13(16)10-5-6-17-8-10/h1-4,10H,5-8H2,(H2,14,18)(H,15,16). The quantitative estimate of drug-likeness (QED) is 0.809. The number of hydrogen-bond donors (Lipinski definition) is 2. The number of carbonyl (C=O) groups excluding carboxylic acids is 1. The number of thiocarbonyl (C=S) groups is 1. The molecule has 96 valence electrons. The number of hydrogen-bond acceptors (Lipinski definition) is 3. The molecule has 1 saturated heterocycles. The fourth-order valence-corrected chi connectivity index (χ4v) is 2.06. The average Bonchev–Trinajstić information content (AvgIpc) is 2.84. The molecule has 1 aromatic carbocycles. The number of nitrogens with two attached hydrogens (primary N) is 1. The van der Waals surface area contributed by atoms with Gasteiger partial charge in [0.05, 0.1) is 17.5 Å². The summed E-state index contributed by atoms with van der Waals surface area (Å²) in [5, 5.41) is 2.88. The monoisotopic (exact) mass is 264 g/mol. The molecule has 0 bridgehead atoms. The van der Waals surface area contributed by atoms with Crippen LogP contribution in [0.15, 0.2) is 24.3 Å². The minimum atomic E-state index is -0.0266. The second-order valence-corrected chi connectivity index (χ2v) is 4.91. The van der Waals surface area contributed by atoms with Crippen LogP contribution in [0, 0.1) is 5.92 Å². The van der Waals surface area contributed by atoms with Gasteiger partial charge in [0.25, 0.3) is 0 Å². The highest BCUT2D eigenvalue weighted by molar-refractivity contribution is 7.80. The van der Waals surface area contributed by atoms with Gasteiger partial charge in [-0.05, 0) is 24.1 Å². The van der Waals surface area contributed by atoms with Gasteiger partial charge in [-0.1, -0.05) is 24.4 Å². The van der Waals surface area contributed by atoms with Gasteiger partial charge in [-0.2, -0.15) is 0 Å². The number of carbonyl (C=O) groups is 1. The molecule has 1 aliphatic heterocycles. The number of anilines is 1. The number of amides is 1. The second kappa shape index (κ2) is 5.93. The molecule has 4 nitrogen and oxygen atoms in total. The van der Waals surface area contributed by atoms with Crippen LogP contribution in [-0.4, -0.2) is 24.1 Å². The van der Waals surface area contributed by atoms with Gasteiger partial charge in [-0.3, -0.25) is 4.79 Å². The van der Waals surface area contributed by atoms with Crippen molar-refractivity contribution >= 4 is 28.8 Å². The highest BCUT2D eigenvalue weighted by atomic mass is 32.1. The summed E-state index contributed by atoms with van der Waals surface area (Å²) in [5.41, 5.74) is 7.31. The Morgan fingerprint density at radius 2 is 2.17 bits per heavy atom. The summed E-state index contributed by atoms with van der Waals surface area (Å²) in [4.78, 5) is 12.3. The second-order valence-electron chi connectivity index (χ2n) is 4.39. The molecule has 1 aliphatic rings. The first kappa shape index (κ1) is 13.0. The zero-order valence-electron chi connectivity index (χ0n) is 10.0. The molecule has 1 atom stereocenters. The summed E-state index contributed by atoms with van der Waals surface area (Å²) >= 11 is 4.85. The fourth-order valence-electron chi connectivity index (χ4n) is 1.89. The van der Waals surface area contributed by atoms with Gasteiger partial charge >= 0.3 is 0 Å². The van der Waals surface area contributed by atoms with Crippen LogP contribution >= 0.6 is 12.2 Å². The Bertz CT molecular complexity index is 439. The van der Waals surface area contributed by atoms with Crippen molar-refractivity contribution in [2.75, 3.05) is 18.5 Å². The van der Waals surface area contributed by atoms with Crippen LogP contribution in [0.1, 0.15) is 12.0 Å². The third kappa shape index (κ3) is 3.51. The predicted octanol–water partition coefficient (Wildman–Crippen LogP) is 1.49. The molecule has 1 heterocycles. The van der Waals surface area contributed by atoms with E-state index in [0.29, 0.717) is 24.6 Å². The molecule has 1 amide bonds. The molecule has 0 saturated carbocycles. The fraction of sp³-hybridized carbons (Fsp3) is 0.385. The van der Waals surface area contributed by atoms with Crippen LogP contribution in [0.5, 0.6) is 0 Å². The number of ether oxygens (including phenoxy) is 1. The van der Waals surface area contributed by atoms with Crippen molar-refractivity contribution in [2.45, 2.75) is 12.8 Å². The van der Waals surface area contributed by atoms with Gasteiger partial charge in [0.2, 0.25) is 5.91 Å². The van der Waals surface area contributed by atoms with E-state index in [2.05, 4.69) is 5.32 Å². The number of benzene rings is 1. The van der Waals surface area contributed by atoms with Gasteiger partial charge in [-0.15, -0.1) is 0 Å². The van der Waals surface area contributed by atoms with E-state index in [1.807, 2.05) is 24.3 Å². The largest absolute Gasteiger partial charge is 0.393 e. The van der Waals surface area contributed by atoms with E-state index in [0.717, 1.165) is 17.7 Å². The molecule has 1 unspecified atom stereocenters. The predicted molar refractivity (Wildman–Crippen MR) is 74.5 cm³/mol. The van der Waals surface area contributed by atoms with Crippen LogP contribution in [0.2, 0.25) is 0 Å². The Labute approximate surface area is 112 Å². The molecule has 2 rings (SSSR count). The Morgan fingerprint density at radius 3 is 2.72 bits per heavy atom. The van der Waals surface area contributed by atoms with Crippen molar-refractivity contribution in [3.05, 3.63) is 29.8 Å². The molecular weight excluding hydrogens is 248 g/mol. The first-order valence-corrected chi connectivity index (χ1v) is 6.32. The van der Waals surface area contributed by atoms with E-state index in [-0.39, 0.29) is 11.8 Å².